The van der Waals surface area contributed by atoms with Gasteiger partial charge >= 0.3 is 0 Å². The molecule has 2 aromatic rings. The van der Waals surface area contributed by atoms with E-state index in [9.17, 15) is 9.90 Å². The fraction of sp³-hybridized carbons (Fsp3) is 0.435. The fourth-order valence-electron chi connectivity index (χ4n) is 3.74. The standard InChI is InChI=1S/C23H29NO4/c1-27-20-9-5-6-10-21(20)28-17-22(26)24-15-13-23(18-25,14-16-24)12-11-19-7-3-2-4-8-19/h2-10,25H,11-18H2,1H3. The van der Waals surface area contributed by atoms with Crippen LogP contribution in [0.1, 0.15) is 24.8 Å². The van der Waals surface area contributed by atoms with Crippen LogP contribution >= 0.6 is 0 Å². The van der Waals surface area contributed by atoms with Crippen molar-refractivity contribution < 1.29 is 19.4 Å². The van der Waals surface area contributed by atoms with E-state index in [4.69, 9.17) is 9.47 Å². The second-order valence-corrected chi connectivity index (χ2v) is 7.46. The van der Waals surface area contributed by atoms with Crippen molar-refractivity contribution in [2.24, 2.45) is 5.41 Å². The van der Waals surface area contributed by atoms with Crippen LogP contribution < -0.4 is 9.47 Å². The van der Waals surface area contributed by atoms with Gasteiger partial charge in [-0.05, 0) is 48.8 Å². The molecular weight excluding hydrogens is 354 g/mol. The van der Waals surface area contributed by atoms with Gasteiger partial charge in [0.25, 0.3) is 5.91 Å². The Hall–Kier alpha value is -2.53. The van der Waals surface area contributed by atoms with Crippen LogP contribution in [-0.2, 0) is 11.2 Å². The van der Waals surface area contributed by atoms with Gasteiger partial charge in [-0.15, -0.1) is 0 Å². The molecule has 1 heterocycles. The Morgan fingerprint density at radius 3 is 2.32 bits per heavy atom. The molecule has 0 saturated carbocycles. The monoisotopic (exact) mass is 383 g/mol. The lowest BCUT2D eigenvalue weighted by Gasteiger charge is -2.41. The summed E-state index contributed by atoms with van der Waals surface area (Å²) in [5.41, 5.74) is 1.19. The molecule has 150 valence electrons. The van der Waals surface area contributed by atoms with E-state index in [0.717, 1.165) is 25.7 Å². The van der Waals surface area contributed by atoms with E-state index < -0.39 is 0 Å². The van der Waals surface area contributed by atoms with Gasteiger partial charge in [0, 0.05) is 19.7 Å². The van der Waals surface area contributed by atoms with Crippen molar-refractivity contribution in [1.29, 1.82) is 0 Å². The third-order valence-corrected chi connectivity index (χ3v) is 5.72. The number of nitrogens with zero attached hydrogens (tertiary/aromatic N) is 1. The van der Waals surface area contributed by atoms with Crippen LogP contribution in [0.5, 0.6) is 11.5 Å². The van der Waals surface area contributed by atoms with Crippen molar-refractivity contribution >= 4 is 5.91 Å². The van der Waals surface area contributed by atoms with E-state index in [2.05, 4.69) is 12.1 Å². The summed E-state index contributed by atoms with van der Waals surface area (Å²) in [4.78, 5) is 14.4. The van der Waals surface area contributed by atoms with E-state index in [0.29, 0.717) is 24.6 Å². The van der Waals surface area contributed by atoms with E-state index in [1.165, 1.54) is 5.56 Å². The highest BCUT2D eigenvalue weighted by atomic mass is 16.5. The lowest BCUT2D eigenvalue weighted by atomic mass is 9.75. The summed E-state index contributed by atoms with van der Waals surface area (Å²) in [5.74, 6) is 1.16. The van der Waals surface area contributed by atoms with E-state index in [1.54, 1.807) is 13.2 Å². The molecule has 1 amide bonds. The largest absolute Gasteiger partial charge is 0.493 e. The SMILES string of the molecule is COc1ccccc1OCC(=O)N1CCC(CO)(CCc2ccccc2)CC1. The Morgan fingerprint density at radius 2 is 1.68 bits per heavy atom. The van der Waals surface area contributed by atoms with Gasteiger partial charge in [0.1, 0.15) is 0 Å². The maximum Gasteiger partial charge on any atom is 0.260 e. The topological polar surface area (TPSA) is 59.0 Å². The van der Waals surface area contributed by atoms with Crippen molar-refractivity contribution in [3.8, 4) is 11.5 Å². The molecule has 0 aromatic heterocycles. The van der Waals surface area contributed by atoms with Crippen LogP contribution in [0.15, 0.2) is 54.6 Å². The van der Waals surface area contributed by atoms with Crippen LogP contribution in [0.2, 0.25) is 0 Å². The molecule has 5 nitrogen and oxygen atoms in total. The van der Waals surface area contributed by atoms with Crippen molar-refractivity contribution in [3.05, 3.63) is 60.2 Å². The van der Waals surface area contributed by atoms with Gasteiger partial charge in [0.05, 0.1) is 7.11 Å². The number of benzene rings is 2. The lowest BCUT2D eigenvalue weighted by molar-refractivity contribution is -0.136. The third kappa shape index (κ3) is 5.04. The molecule has 0 bridgehead atoms. The van der Waals surface area contributed by atoms with Crippen LogP contribution in [0.3, 0.4) is 0 Å². The Bertz CT molecular complexity index is 754. The third-order valence-electron chi connectivity index (χ3n) is 5.72. The maximum absolute atomic E-state index is 12.5. The van der Waals surface area contributed by atoms with Gasteiger partial charge in [-0.3, -0.25) is 4.79 Å². The smallest absolute Gasteiger partial charge is 0.260 e. The molecule has 28 heavy (non-hydrogen) atoms. The second-order valence-electron chi connectivity index (χ2n) is 7.46. The quantitative estimate of drug-likeness (QED) is 0.760. The number of likely N-dealkylation sites (tertiary alicyclic amines) is 1. The number of amides is 1. The minimum atomic E-state index is -0.101. The number of hydrogen-bond donors (Lipinski definition) is 1. The van der Waals surface area contributed by atoms with Crippen molar-refractivity contribution in [1.82, 2.24) is 4.90 Å². The van der Waals surface area contributed by atoms with Crippen molar-refractivity contribution in [3.63, 3.8) is 0 Å². The number of rotatable bonds is 8. The first-order valence-electron chi connectivity index (χ1n) is 9.84. The highest BCUT2D eigenvalue weighted by Gasteiger charge is 2.35. The van der Waals surface area contributed by atoms with E-state index in [-0.39, 0.29) is 24.5 Å². The molecule has 1 N–H and O–H groups in total. The van der Waals surface area contributed by atoms with Crippen molar-refractivity contribution in [2.45, 2.75) is 25.7 Å². The predicted octanol–water partition coefficient (Wildman–Crippen LogP) is 3.31. The van der Waals surface area contributed by atoms with Crippen LogP contribution in [0.25, 0.3) is 0 Å². The number of aryl methyl sites for hydroxylation is 1. The average molecular weight is 383 g/mol. The number of hydrogen-bond acceptors (Lipinski definition) is 4. The number of ether oxygens (including phenoxy) is 2. The Kier molecular flexibility index (Phi) is 6.93. The van der Waals surface area contributed by atoms with Gasteiger partial charge in [-0.1, -0.05) is 42.5 Å². The Labute approximate surface area is 166 Å². The van der Waals surface area contributed by atoms with E-state index >= 15 is 0 Å². The van der Waals surface area contributed by atoms with Gasteiger partial charge in [0.2, 0.25) is 0 Å². The predicted molar refractivity (Wildman–Crippen MR) is 109 cm³/mol. The van der Waals surface area contributed by atoms with Gasteiger partial charge in [-0.2, -0.15) is 0 Å². The normalized spacial score (nSPS) is 15.9. The molecule has 1 aliphatic heterocycles. The molecular formula is C23H29NO4. The lowest BCUT2D eigenvalue weighted by Crippen LogP contribution is -2.46. The van der Waals surface area contributed by atoms with Crippen LogP contribution in [0, 0.1) is 5.41 Å². The van der Waals surface area contributed by atoms with Gasteiger partial charge in [0.15, 0.2) is 18.1 Å². The van der Waals surface area contributed by atoms with Crippen LogP contribution in [-0.4, -0.2) is 49.3 Å². The fourth-order valence-corrected chi connectivity index (χ4v) is 3.74. The minimum Gasteiger partial charge on any atom is -0.493 e. The number of aliphatic hydroxyl groups excluding tert-OH is 1. The molecule has 0 unspecified atom stereocenters. The van der Waals surface area contributed by atoms with Gasteiger partial charge < -0.3 is 19.5 Å². The average Bonchev–Trinajstić information content (AvgIpc) is 2.77. The van der Waals surface area contributed by atoms with Crippen LogP contribution in [0.4, 0.5) is 0 Å². The summed E-state index contributed by atoms with van der Waals surface area (Å²) >= 11 is 0. The first-order chi connectivity index (χ1) is 13.7. The molecule has 0 spiro atoms. The molecule has 1 aliphatic rings. The summed E-state index contributed by atoms with van der Waals surface area (Å²) < 4.78 is 10.9. The molecule has 0 radical (unpaired) electrons. The molecule has 1 saturated heterocycles. The molecule has 2 aromatic carbocycles. The molecule has 1 fully saturated rings. The highest BCUT2D eigenvalue weighted by Crippen LogP contribution is 2.36. The summed E-state index contributed by atoms with van der Waals surface area (Å²) in [6.07, 6.45) is 3.52. The zero-order valence-electron chi connectivity index (χ0n) is 16.5. The zero-order chi connectivity index (χ0) is 19.8. The molecule has 0 aliphatic carbocycles. The zero-order valence-corrected chi connectivity index (χ0v) is 16.5. The number of piperidine rings is 1. The Morgan fingerprint density at radius 1 is 1.04 bits per heavy atom. The number of carbonyl (C=O) groups is 1. The molecule has 5 heteroatoms. The molecule has 0 atom stereocenters. The number of para-hydroxylation sites is 2. The molecule has 3 rings (SSSR count). The summed E-state index contributed by atoms with van der Waals surface area (Å²) in [6, 6.07) is 17.7. The van der Waals surface area contributed by atoms with Crippen molar-refractivity contribution in [2.75, 3.05) is 33.4 Å². The first kappa shape index (κ1) is 20.2. The summed E-state index contributed by atoms with van der Waals surface area (Å²) in [6.45, 7) is 1.48. The number of methoxy groups -OCH3 is 1. The minimum absolute atomic E-state index is 0.00346. The highest BCUT2D eigenvalue weighted by molar-refractivity contribution is 5.78. The number of aliphatic hydroxyl groups is 1. The Balaban J connectivity index is 1.49. The number of carbonyl (C=O) groups excluding carboxylic acids is 1. The first-order valence-corrected chi connectivity index (χ1v) is 9.84. The van der Waals surface area contributed by atoms with E-state index in [1.807, 2.05) is 41.3 Å². The maximum atomic E-state index is 12.5. The van der Waals surface area contributed by atoms with Gasteiger partial charge in [-0.25, -0.2) is 0 Å². The second kappa shape index (κ2) is 9.60. The summed E-state index contributed by atoms with van der Waals surface area (Å²) in [5, 5.41) is 10.0. The summed E-state index contributed by atoms with van der Waals surface area (Å²) in [7, 11) is 1.58.